The maximum atomic E-state index is 14.7. The van der Waals surface area contributed by atoms with E-state index in [4.69, 9.17) is 26.1 Å². The Bertz CT molecular complexity index is 1690. The van der Waals surface area contributed by atoms with E-state index >= 15 is 0 Å². The lowest BCUT2D eigenvalue weighted by Gasteiger charge is -2.34. The quantitative estimate of drug-likeness (QED) is 0.273. The lowest BCUT2D eigenvalue weighted by atomic mass is 9.87. The molecule has 2 aromatic heterocycles. The van der Waals surface area contributed by atoms with Crippen molar-refractivity contribution in [2.75, 3.05) is 19.7 Å². The molecule has 0 radical (unpaired) electrons. The number of halogens is 2. The number of aromatic nitrogens is 3. The SMILES string of the molecule is O=C(O)c1ccc2nc(CN3CCC(c4cccc5c4O[C@@H](c4ccc(Cl)cc4F)C=C5)CC3)n(C[C@@H]3CCO3)c2n1. The van der Waals surface area contributed by atoms with Crippen LogP contribution in [0.15, 0.2) is 54.6 Å². The molecule has 216 valence electrons. The lowest BCUT2D eigenvalue weighted by Crippen LogP contribution is -2.35. The van der Waals surface area contributed by atoms with E-state index in [1.807, 2.05) is 22.8 Å². The Kier molecular flexibility index (Phi) is 7.17. The van der Waals surface area contributed by atoms with E-state index in [2.05, 4.69) is 22.0 Å². The number of fused-ring (bicyclic) bond motifs is 2. The molecular weight excluding hydrogens is 559 g/mol. The largest absolute Gasteiger partial charge is 0.481 e. The first-order valence-electron chi connectivity index (χ1n) is 14.3. The molecule has 1 N–H and O–H groups in total. The number of ether oxygens (including phenoxy) is 2. The van der Waals surface area contributed by atoms with Gasteiger partial charge in [-0.25, -0.2) is 19.2 Å². The fourth-order valence-electron chi connectivity index (χ4n) is 6.13. The highest BCUT2D eigenvalue weighted by Gasteiger charge is 2.29. The molecule has 8 nitrogen and oxygen atoms in total. The van der Waals surface area contributed by atoms with Gasteiger partial charge in [0, 0.05) is 22.8 Å². The van der Waals surface area contributed by atoms with Crippen LogP contribution in [0.25, 0.3) is 17.2 Å². The minimum absolute atomic E-state index is 0.00911. The number of para-hydroxylation sites is 1. The molecule has 10 heteroatoms. The molecule has 0 bridgehead atoms. The lowest BCUT2D eigenvalue weighted by molar-refractivity contribution is -0.0593. The number of imidazole rings is 1. The second-order valence-electron chi connectivity index (χ2n) is 11.1. The van der Waals surface area contributed by atoms with Crippen LogP contribution in [0.1, 0.15) is 64.3 Å². The number of likely N-dealkylation sites (tertiary alicyclic amines) is 1. The minimum atomic E-state index is -1.06. The van der Waals surface area contributed by atoms with E-state index in [0.717, 1.165) is 61.7 Å². The van der Waals surface area contributed by atoms with Gasteiger partial charge in [-0.05, 0) is 74.2 Å². The Hall–Kier alpha value is -3.79. The summed E-state index contributed by atoms with van der Waals surface area (Å²) >= 11 is 5.97. The van der Waals surface area contributed by atoms with Crippen LogP contribution < -0.4 is 4.74 Å². The van der Waals surface area contributed by atoms with Gasteiger partial charge in [0.15, 0.2) is 11.3 Å². The monoisotopic (exact) mass is 588 g/mol. The van der Waals surface area contributed by atoms with Gasteiger partial charge in [-0.3, -0.25) is 4.90 Å². The van der Waals surface area contributed by atoms with Crippen LogP contribution in [0, 0.1) is 5.82 Å². The van der Waals surface area contributed by atoms with Gasteiger partial charge in [0.1, 0.15) is 29.0 Å². The third-order valence-corrected chi connectivity index (χ3v) is 8.74. The summed E-state index contributed by atoms with van der Waals surface area (Å²) in [5, 5.41) is 9.83. The zero-order valence-corrected chi connectivity index (χ0v) is 23.6. The molecule has 2 saturated heterocycles. The van der Waals surface area contributed by atoms with Crippen molar-refractivity contribution >= 4 is 34.8 Å². The predicted molar refractivity (Wildman–Crippen MR) is 156 cm³/mol. The number of hydrogen-bond donors (Lipinski definition) is 1. The van der Waals surface area contributed by atoms with Crippen LogP contribution in [0.5, 0.6) is 5.75 Å². The number of carboxylic acids is 1. The Morgan fingerprint density at radius 1 is 1.07 bits per heavy atom. The van der Waals surface area contributed by atoms with E-state index in [1.165, 1.54) is 12.1 Å². The number of nitrogens with zero attached hydrogens (tertiary/aromatic N) is 4. The van der Waals surface area contributed by atoms with Crippen molar-refractivity contribution in [1.29, 1.82) is 0 Å². The zero-order valence-electron chi connectivity index (χ0n) is 22.9. The highest BCUT2D eigenvalue weighted by atomic mass is 35.5. The second kappa shape index (κ2) is 11.1. The van der Waals surface area contributed by atoms with Crippen molar-refractivity contribution in [2.24, 2.45) is 0 Å². The Morgan fingerprint density at radius 2 is 1.90 bits per heavy atom. The summed E-state index contributed by atoms with van der Waals surface area (Å²) in [6, 6.07) is 14.1. The number of piperidine rings is 1. The molecule has 3 aliphatic heterocycles. The van der Waals surface area contributed by atoms with Crippen LogP contribution in [0.2, 0.25) is 5.02 Å². The summed E-state index contributed by atoms with van der Waals surface area (Å²) in [4.78, 5) is 23.2. The molecule has 7 rings (SSSR count). The molecule has 2 aromatic carbocycles. The summed E-state index contributed by atoms with van der Waals surface area (Å²) in [6.45, 7) is 3.73. The third-order valence-electron chi connectivity index (χ3n) is 8.50. The number of carboxylic acid groups (broad SMARTS) is 1. The smallest absolute Gasteiger partial charge is 0.354 e. The first-order chi connectivity index (χ1) is 20.4. The number of rotatable bonds is 7. The molecule has 2 fully saturated rings. The minimum Gasteiger partial charge on any atom is -0.481 e. The maximum Gasteiger partial charge on any atom is 0.354 e. The second-order valence-corrected chi connectivity index (χ2v) is 11.6. The van der Waals surface area contributed by atoms with Crippen LogP contribution in [-0.2, 0) is 17.8 Å². The van der Waals surface area contributed by atoms with E-state index in [1.54, 1.807) is 18.2 Å². The molecule has 0 spiro atoms. The predicted octanol–water partition coefficient (Wildman–Crippen LogP) is 6.24. The standard InChI is InChI=1S/C32H30ClFN4O4/c33-21-5-6-24(25(34)16-21)28-9-4-20-2-1-3-23(30(20)42-28)19-10-13-37(14-11-19)18-29-35-26-7-8-27(32(39)40)36-31(26)38(29)17-22-12-15-41-22/h1-9,16,19,22,28H,10-15,17-18H2,(H,39,40)/t22-,28+/m0/s1. The molecule has 0 aliphatic carbocycles. The van der Waals surface area contributed by atoms with Gasteiger partial charge in [-0.1, -0.05) is 41.9 Å². The number of benzene rings is 2. The Balaban J connectivity index is 1.08. The summed E-state index contributed by atoms with van der Waals surface area (Å²) in [5.41, 5.74) is 3.90. The van der Waals surface area contributed by atoms with E-state index in [9.17, 15) is 14.3 Å². The van der Waals surface area contributed by atoms with Gasteiger partial charge in [0.05, 0.1) is 19.2 Å². The van der Waals surface area contributed by atoms with Crippen molar-refractivity contribution < 1.29 is 23.8 Å². The van der Waals surface area contributed by atoms with Gasteiger partial charge in [-0.2, -0.15) is 0 Å². The average Bonchev–Trinajstić information content (AvgIpc) is 3.30. The molecule has 5 heterocycles. The van der Waals surface area contributed by atoms with Crippen LogP contribution in [0.3, 0.4) is 0 Å². The van der Waals surface area contributed by atoms with Crippen LogP contribution >= 0.6 is 11.6 Å². The molecule has 2 atom stereocenters. The van der Waals surface area contributed by atoms with E-state index < -0.39 is 12.1 Å². The first kappa shape index (κ1) is 27.1. The molecule has 0 saturated carbocycles. The number of carbonyl (C=O) groups is 1. The van der Waals surface area contributed by atoms with Gasteiger partial charge in [-0.15, -0.1) is 0 Å². The topological polar surface area (TPSA) is 89.7 Å². The van der Waals surface area contributed by atoms with Crippen molar-refractivity contribution in [2.45, 2.75) is 50.5 Å². The van der Waals surface area contributed by atoms with Gasteiger partial charge >= 0.3 is 5.97 Å². The highest BCUT2D eigenvalue weighted by Crippen LogP contribution is 2.42. The Morgan fingerprint density at radius 3 is 2.64 bits per heavy atom. The van der Waals surface area contributed by atoms with Crippen LogP contribution in [-0.4, -0.2) is 56.3 Å². The maximum absolute atomic E-state index is 14.7. The average molecular weight is 589 g/mol. The molecular formula is C32H30ClFN4O4. The fraction of sp³-hybridized carbons (Fsp3) is 0.344. The Labute approximate surface area is 247 Å². The summed E-state index contributed by atoms with van der Waals surface area (Å²) < 4.78 is 28.8. The van der Waals surface area contributed by atoms with E-state index in [0.29, 0.717) is 40.8 Å². The summed E-state index contributed by atoms with van der Waals surface area (Å²) in [7, 11) is 0. The summed E-state index contributed by atoms with van der Waals surface area (Å²) in [5.74, 6) is 0.559. The van der Waals surface area contributed by atoms with Gasteiger partial charge in [0.25, 0.3) is 0 Å². The van der Waals surface area contributed by atoms with Crippen molar-refractivity contribution in [1.82, 2.24) is 19.4 Å². The molecule has 0 unspecified atom stereocenters. The normalized spacial score (nSPS) is 20.7. The third kappa shape index (κ3) is 5.17. The first-order valence-corrected chi connectivity index (χ1v) is 14.7. The van der Waals surface area contributed by atoms with E-state index in [-0.39, 0.29) is 17.6 Å². The van der Waals surface area contributed by atoms with Crippen molar-refractivity contribution in [3.05, 3.63) is 93.7 Å². The number of pyridine rings is 1. The molecule has 42 heavy (non-hydrogen) atoms. The van der Waals surface area contributed by atoms with Gasteiger partial charge in [0.2, 0.25) is 0 Å². The van der Waals surface area contributed by atoms with Crippen LogP contribution in [0.4, 0.5) is 4.39 Å². The molecule has 4 aromatic rings. The summed E-state index contributed by atoms with van der Waals surface area (Å²) in [6.07, 6.45) is 6.32. The molecule has 3 aliphatic rings. The highest BCUT2D eigenvalue weighted by molar-refractivity contribution is 6.30. The number of hydrogen-bond acceptors (Lipinski definition) is 6. The van der Waals surface area contributed by atoms with Crippen molar-refractivity contribution in [3.8, 4) is 5.75 Å². The number of aromatic carboxylic acids is 1. The van der Waals surface area contributed by atoms with Gasteiger partial charge < -0.3 is 19.1 Å². The zero-order chi connectivity index (χ0) is 28.8. The van der Waals surface area contributed by atoms with Crippen molar-refractivity contribution in [3.63, 3.8) is 0 Å². The fourth-order valence-corrected chi connectivity index (χ4v) is 6.29. The molecule has 0 amide bonds.